The summed E-state index contributed by atoms with van der Waals surface area (Å²) in [5.74, 6) is 0.495. The number of pyridine rings is 1. The van der Waals surface area contributed by atoms with E-state index in [1.807, 2.05) is 42.6 Å². The Bertz CT molecular complexity index is 945. The van der Waals surface area contributed by atoms with Gasteiger partial charge in [-0.15, -0.1) is 0 Å². The lowest BCUT2D eigenvalue weighted by Crippen LogP contribution is -1.98. The largest absolute Gasteiger partial charge is 0.497 e. The Morgan fingerprint density at radius 1 is 1.04 bits per heavy atom. The van der Waals surface area contributed by atoms with Crippen LogP contribution in [0.25, 0.3) is 22.4 Å². The van der Waals surface area contributed by atoms with Crippen LogP contribution in [-0.2, 0) is 6.42 Å². The van der Waals surface area contributed by atoms with Gasteiger partial charge in [-0.3, -0.25) is 4.98 Å². The fourth-order valence-corrected chi connectivity index (χ4v) is 3.09. The molecule has 0 fully saturated rings. The molecule has 0 atom stereocenters. The minimum atomic E-state index is -0.925. The van der Waals surface area contributed by atoms with E-state index in [1.165, 1.54) is 5.56 Å². The molecule has 1 N–H and O–H groups in total. The van der Waals surface area contributed by atoms with E-state index in [9.17, 15) is 9.90 Å². The standard InChI is InChI=1S/C24H25NO3/c1-16(2)4-5-17-14-22(18-6-8-20(9-7-18)24(26)27)23(25-15-17)19-10-12-21(28-3)13-11-19/h6-16H,4-5H2,1-3H3,(H,26,27). The van der Waals surface area contributed by atoms with E-state index in [0.29, 0.717) is 5.92 Å². The number of aryl methyl sites for hydroxylation is 1. The first-order chi connectivity index (χ1) is 13.5. The zero-order valence-electron chi connectivity index (χ0n) is 16.5. The quantitative estimate of drug-likeness (QED) is 0.574. The van der Waals surface area contributed by atoms with Crippen molar-refractivity contribution >= 4 is 5.97 Å². The van der Waals surface area contributed by atoms with E-state index >= 15 is 0 Å². The zero-order valence-corrected chi connectivity index (χ0v) is 16.5. The van der Waals surface area contributed by atoms with Crippen LogP contribution in [0.1, 0.15) is 36.2 Å². The monoisotopic (exact) mass is 375 g/mol. The smallest absolute Gasteiger partial charge is 0.335 e. The van der Waals surface area contributed by atoms with Crippen molar-refractivity contribution in [3.8, 4) is 28.1 Å². The first kappa shape index (κ1) is 19.6. The first-order valence-electron chi connectivity index (χ1n) is 9.45. The summed E-state index contributed by atoms with van der Waals surface area (Å²) >= 11 is 0. The fourth-order valence-electron chi connectivity index (χ4n) is 3.09. The maximum atomic E-state index is 11.2. The van der Waals surface area contributed by atoms with Crippen molar-refractivity contribution in [1.82, 2.24) is 4.98 Å². The van der Waals surface area contributed by atoms with E-state index in [4.69, 9.17) is 9.72 Å². The van der Waals surface area contributed by atoms with Crippen molar-refractivity contribution < 1.29 is 14.6 Å². The number of carboxylic acids is 1. The summed E-state index contributed by atoms with van der Waals surface area (Å²) in [6.45, 7) is 4.43. The van der Waals surface area contributed by atoms with Gasteiger partial charge in [-0.1, -0.05) is 26.0 Å². The van der Waals surface area contributed by atoms with Crippen LogP contribution < -0.4 is 4.74 Å². The molecule has 4 nitrogen and oxygen atoms in total. The number of carboxylic acid groups (broad SMARTS) is 1. The molecule has 1 heterocycles. The number of carbonyl (C=O) groups is 1. The SMILES string of the molecule is COc1ccc(-c2ncc(CCC(C)C)cc2-c2ccc(C(=O)O)cc2)cc1. The number of aromatic carboxylic acids is 1. The number of aromatic nitrogens is 1. The average molecular weight is 375 g/mol. The Morgan fingerprint density at radius 2 is 1.68 bits per heavy atom. The molecule has 0 saturated carbocycles. The molecule has 3 rings (SSSR count). The number of methoxy groups -OCH3 is 1. The Kier molecular flexibility index (Phi) is 6.09. The van der Waals surface area contributed by atoms with Gasteiger partial charge in [0, 0.05) is 17.3 Å². The van der Waals surface area contributed by atoms with E-state index in [0.717, 1.165) is 41.0 Å². The molecule has 0 aliphatic heterocycles. The molecule has 2 aromatic carbocycles. The van der Waals surface area contributed by atoms with Crippen molar-refractivity contribution in [3.63, 3.8) is 0 Å². The number of hydrogen-bond donors (Lipinski definition) is 1. The molecule has 144 valence electrons. The predicted octanol–water partition coefficient (Wildman–Crippen LogP) is 5.71. The Balaban J connectivity index is 2.05. The summed E-state index contributed by atoms with van der Waals surface area (Å²) in [6.07, 6.45) is 4.01. The van der Waals surface area contributed by atoms with E-state index in [-0.39, 0.29) is 5.56 Å². The summed E-state index contributed by atoms with van der Waals surface area (Å²) in [4.78, 5) is 15.9. The van der Waals surface area contributed by atoms with Crippen LogP contribution in [-0.4, -0.2) is 23.2 Å². The van der Waals surface area contributed by atoms with Crippen molar-refractivity contribution in [2.45, 2.75) is 26.7 Å². The van der Waals surface area contributed by atoms with Crippen LogP contribution in [0.4, 0.5) is 0 Å². The Morgan fingerprint density at radius 3 is 2.25 bits per heavy atom. The molecule has 0 unspecified atom stereocenters. The molecule has 1 aromatic heterocycles. The van der Waals surface area contributed by atoms with Crippen LogP contribution in [0.15, 0.2) is 60.8 Å². The highest BCUT2D eigenvalue weighted by atomic mass is 16.5. The average Bonchev–Trinajstić information content (AvgIpc) is 2.72. The minimum absolute atomic E-state index is 0.277. The van der Waals surface area contributed by atoms with Gasteiger partial charge in [-0.05, 0) is 72.4 Å². The van der Waals surface area contributed by atoms with Gasteiger partial charge < -0.3 is 9.84 Å². The van der Waals surface area contributed by atoms with Crippen molar-refractivity contribution in [2.75, 3.05) is 7.11 Å². The lowest BCUT2D eigenvalue weighted by atomic mass is 9.95. The van der Waals surface area contributed by atoms with Gasteiger partial charge in [-0.25, -0.2) is 4.79 Å². The van der Waals surface area contributed by atoms with Gasteiger partial charge >= 0.3 is 5.97 Å². The second-order valence-electron chi connectivity index (χ2n) is 7.28. The molecule has 0 amide bonds. The first-order valence-corrected chi connectivity index (χ1v) is 9.45. The highest BCUT2D eigenvalue weighted by Gasteiger charge is 2.12. The number of benzene rings is 2. The highest BCUT2D eigenvalue weighted by Crippen LogP contribution is 2.32. The van der Waals surface area contributed by atoms with Gasteiger partial charge in [-0.2, -0.15) is 0 Å². The number of nitrogens with zero attached hydrogens (tertiary/aromatic N) is 1. The number of rotatable bonds is 7. The molecule has 0 aliphatic carbocycles. The molecule has 0 saturated heterocycles. The van der Waals surface area contributed by atoms with Crippen LogP contribution >= 0.6 is 0 Å². The van der Waals surface area contributed by atoms with Gasteiger partial charge in [0.2, 0.25) is 0 Å². The number of ether oxygens (including phenoxy) is 1. The summed E-state index contributed by atoms with van der Waals surface area (Å²) in [5, 5.41) is 9.17. The molecule has 3 aromatic rings. The summed E-state index contributed by atoms with van der Waals surface area (Å²) in [6, 6.07) is 17.0. The van der Waals surface area contributed by atoms with Crippen molar-refractivity contribution in [3.05, 3.63) is 71.9 Å². The molecule has 4 heteroatoms. The fraction of sp³-hybridized carbons (Fsp3) is 0.250. The molecule has 0 aliphatic rings. The van der Waals surface area contributed by atoms with E-state index in [1.54, 1.807) is 19.2 Å². The highest BCUT2D eigenvalue weighted by molar-refractivity contribution is 5.89. The van der Waals surface area contributed by atoms with Gasteiger partial charge in [0.15, 0.2) is 0 Å². The third kappa shape index (κ3) is 4.58. The van der Waals surface area contributed by atoms with Crippen LogP contribution in [0.2, 0.25) is 0 Å². The molecule has 0 spiro atoms. The normalized spacial score (nSPS) is 10.9. The summed E-state index contributed by atoms with van der Waals surface area (Å²) in [7, 11) is 1.65. The second-order valence-corrected chi connectivity index (χ2v) is 7.28. The zero-order chi connectivity index (χ0) is 20.1. The Hall–Kier alpha value is -3.14. The van der Waals surface area contributed by atoms with Gasteiger partial charge in [0.05, 0.1) is 18.4 Å². The minimum Gasteiger partial charge on any atom is -0.497 e. The lowest BCUT2D eigenvalue weighted by Gasteiger charge is -2.13. The predicted molar refractivity (Wildman–Crippen MR) is 112 cm³/mol. The molecule has 0 bridgehead atoms. The molecular weight excluding hydrogens is 350 g/mol. The summed E-state index contributed by atoms with van der Waals surface area (Å²) in [5.41, 5.74) is 5.28. The lowest BCUT2D eigenvalue weighted by molar-refractivity contribution is 0.0697. The molecule has 0 radical (unpaired) electrons. The summed E-state index contributed by atoms with van der Waals surface area (Å²) < 4.78 is 5.25. The third-order valence-corrected chi connectivity index (χ3v) is 4.76. The maximum absolute atomic E-state index is 11.2. The molecular formula is C24H25NO3. The Labute approximate surface area is 165 Å². The third-order valence-electron chi connectivity index (χ3n) is 4.76. The van der Waals surface area contributed by atoms with E-state index < -0.39 is 5.97 Å². The van der Waals surface area contributed by atoms with Gasteiger partial charge in [0.1, 0.15) is 5.75 Å². The number of hydrogen-bond acceptors (Lipinski definition) is 3. The maximum Gasteiger partial charge on any atom is 0.335 e. The van der Waals surface area contributed by atoms with E-state index in [2.05, 4.69) is 19.9 Å². The molecule has 28 heavy (non-hydrogen) atoms. The van der Waals surface area contributed by atoms with Crippen molar-refractivity contribution in [1.29, 1.82) is 0 Å². The van der Waals surface area contributed by atoms with Crippen LogP contribution in [0.3, 0.4) is 0 Å². The van der Waals surface area contributed by atoms with Crippen LogP contribution in [0.5, 0.6) is 5.75 Å². The van der Waals surface area contributed by atoms with Gasteiger partial charge in [0.25, 0.3) is 0 Å². The van der Waals surface area contributed by atoms with Crippen molar-refractivity contribution in [2.24, 2.45) is 5.92 Å². The topological polar surface area (TPSA) is 59.4 Å². The second kappa shape index (κ2) is 8.70. The van der Waals surface area contributed by atoms with Crippen LogP contribution in [0, 0.1) is 5.92 Å².